The first-order valence-electron chi connectivity index (χ1n) is 6.17. The SMILES string of the molecule is COc1cccc(C(C(=O)O)c2ccccc2)c1OC. The van der Waals surface area contributed by atoms with E-state index >= 15 is 0 Å². The number of rotatable bonds is 5. The van der Waals surface area contributed by atoms with Crippen LogP contribution in [0.2, 0.25) is 0 Å². The van der Waals surface area contributed by atoms with Gasteiger partial charge in [-0.1, -0.05) is 42.5 Å². The van der Waals surface area contributed by atoms with Crippen LogP contribution in [0.1, 0.15) is 17.0 Å². The van der Waals surface area contributed by atoms with Crippen molar-refractivity contribution in [1.82, 2.24) is 0 Å². The highest BCUT2D eigenvalue weighted by Crippen LogP contribution is 2.38. The van der Waals surface area contributed by atoms with Crippen molar-refractivity contribution >= 4 is 5.97 Å². The minimum absolute atomic E-state index is 0.450. The van der Waals surface area contributed by atoms with Gasteiger partial charge in [-0.15, -0.1) is 0 Å². The van der Waals surface area contributed by atoms with E-state index in [-0.39, 0.29) is 0 Å². The topological polar surface area (TPSA) is 55.8 Å². The third-order valence-corrected chi connectivity index (χ3v) is 3.12. The molecule has 0 aliphatic heterocycles. The van der Waals surface area contributed by atoms with E-state index in [4.69, 9.17) is 9.47 Å². The Hall–Kier alpha value is -2.49. The predicted octanol–water partition coefficient (Wildman–Crippen LogP) is 2.92. The number of ether oxygens (including phenoxy) is 2. The van der Waals surface area contributed by atoms with Crippen LogP contribution < -0.4 is 9.47 Å². The maximum atomic E-state index is 11.7. The Balaban J connectivity index is 2.59. The molecule has 0 aliphatic carbocycles. The summed E-state index contributed by atoms with van der Waals surface area (Å²) < 4.78 is 10.6. The van der Waals surface area contributed by atoms with E-state index in [2.05, 4.69) is 0 Å². The van der Waals surface area contributed by atoms with E-state index in [1.165, 1.54) is 14.2 Å². The summed E-state index contributed by atoms with van der Waals surface area (Å²) >= 11 is 0. The van der Waals surface area contributed by atoms with Gasteiger partial charge in [-0.2, -0.15) is 0 Å². The van der Waals surface area contributed by atoms with E-state index in [9.17, 15) is 9.90 Å². The van der Waals surface area contributed by atoms with E-state index in [1.807, 2.05) is 18.2 Å². The molecule has 1 atom stereocenters. The first-order chi connectivity index (χ1) is 9.69. The molecule has 0 radical (unpaired) electrons. The van der Waals surface area contributed by atoms with E-state index in [0.717, 1.165) is 0 Å². The summed E-state index contributed by atoms with van der Waals surface area (Å²) in [6, 6.07) is 14.3. The van der Waals surface area contributed by atoms with Gasteiger partial charge in [-0.25, -0.2) is 0 Å². The first kappa shape index (κ1) is 13.9. The molecule has 4 heteroatoms. The molecule has 2 aromatic rings. The summed E-state index contributed by atoms with van der Waals surface area (Å²) in [5.41, 5.74) is 1.28. The molecular weight excluding hydrogens is 256 g/mol. The lowest BCUT2D eigenvalue weighted by molar-refractivity contribution is -0.137. The van der Waals surface area contributed by atoms with Crippen LogP contribution in [0.5, 0.6) is 11.5 Å². The third kappa shape index (κ3) is 2.59. The fraction of sp³-hybridized carbons (Fsp3) is 0.188. The van der Waals surface area contributed by atoms with Crippen molar-refractivity contribution in [3.8, 4) is 11.5 Å². The molecule has 2 aromatic carbocycles. The van der Waals surface area contributed by atoms with Crippen molar-refractivity contribution in [1.29, 1.82) is 0 Å². The Bertz CT molecular complexity index is 593. The maximum Gasteiger partial charge on any atom is 0.315 e. The Kier molecular flexibility index (Phi) is 4.25. The number of hydrogen-bond donors (Lipinski definition) is 1. The highest BCUT2D eigenvalue weighted by Gasteiger charge is 2.26. The first-order valence-corrected chi connectivity index (χ1v) is 6.17. The van der Waals surface area contributed by atoms with Crippen molar-refractivity contribution in [2.45, 2.75) is 5.92 Å². The molecule has 0 aromatic heterocycles. The molecule has 20 heavy (non-hydrogen) atoms. The summed E-state index contributed by atoms with van der Waals surface area (Å²) in [6.07, 6.45) is 0. The van der Waals surface area contributed by atoms with Crippen LogP contribution in [0, 0.1) is 0 Å². The molecule has 104 valence electrons. The van der Waals surface area contributed by atoms with Gasteiger partial charge in [-0.3, -0.25) is 4.79 Å². The number of carboxylic acid groups (broad SMARTS) is 1. The van der Waals surface area contributed by atoms with Crippen molar-refractivity contribution in [3.63, 3.8) is 0 Å². The highest BCUT2D eigenvalue weighted by molar-refractivity contribution is 5.82. The van der Waals surface area contributed by atoms with Crippen molar-refractivity contribution in [3.05, 3.63) is 59.7 Å². The van der Waals surface area contributed by atoms with Gasteiger partial charge in [0.1, 0.15) is 5.92 Å². The lowest BCUT2D eigenvalue weighted by atomic mass is 9.90. The molecule has 0 aliphatic rings. The summed E-state index contributed by atoms with van der Waals surface area (Å²) in [5.74, 6) is -0.748. The average Bonchev–Trinajstić information content (AvgIpc) is 2.48. The average molecular weight is 272 g/mol. The Morgan fingerprint density at radius 3 is 2.25 bits per heavy atom. The van der Waals surface area contributed by atoms with E-state index < -0.39 is 11.9 Å². The van der Waals surface area contributed by atoms with Crippen molar-refractivity contribution < 1.29 is 19.4 Å². The van der Waals surface area contributed by atoms with Gasteiger partial charge >= 0.3 is 5.97 Å². The predicted molar refractivity (Wildman–Crippen MR) is 75.5 cm³/mol. The van der Waals surface area contributed by atoms with Gasteiger partial charge in [0, 0.05) is 5.56 Å². The van der Waals surface area contributed by atoms with Crippen LogP contribution >= 0.6 is 0 Å². The van der Waals surface area contributed by atoms with E-state index in [0.29, 0.717) is 22.6 Å². The quantitative estimate of drug-likeness (QED) is 0.909. The standard InChI is InChI=1S/C16H16O4/c1-19-13-10-6-9-12(15(13)20-2)14(16(17)18)11-7-4-3-5-8-11/h3-10,14H,1-2H3,(H,17,18). The fourth-order valence-corrected chi connectivity index (χ4v) is 2.24. The van der Waals surface area contributed by atoms with Crippen LogP contribution in [0.4, 0.5) is 0 Å². The zero-order valence-electron chi connectivity index (χ0n) is 11.4. The maximum absolute atomic E-state index is 11.7. The Morgan fingerprint density at radius 2 is 1.70 bits per heavy atom. The molecule has 0 bridgehead atoms. The van der Waals surface area contributed by atoms with Crippen molar-refractivity contribution in [2.24, 2.45) is 0 Å². The van der Waals surface area contributed by atoms with Gasteiger partial charge in [-0.05, 0) is 11.6 Å². The zero-order valence-corrected chi connectivity index (χ0v) is 11.4. The lowest BCUT2D eigenvalue weighted by Crippen LogP contribution is -2.14. The van der Waals surface area contributed by atoms with Crippen LogP contribution in [-0.2, 0) is 4.79 Å². The van der Waals surface area contributed by atoms with Gasteiger partial charge < -0.3 is 14.6 Å². The second kappa shape index (κ2) is 6.10. The minimum Gasteiger partial charge on any atom is -0.493 e. The molecule has 0 saturated heterocycles. The molecule has 4 nitrogen and oxygen atoms in total. The van der Waals surface area contributed by atoms with Gasteiger partial charge in [0.2, 0.25) is 0 Å². The molecule has 0 heterocycles. The number of benzene rings is 2. The largest absolute Gasteiger partial charge is 0.493 e. The molecule has 2 rings (SSSR count). The zero-order chi connectivity index (χ0) is 14.5. The fourth-order valence-electron chi connectivity index (χ4n) is 2.24. The molecule has 0 fully saturated rings. The number of hydrogen-bond acceptors (Lipinski definition) is 3. The summed E-state index contributed by atoms with van der Waals surface area (Å²) in [7, 11) is 3.03. The van der Waals surface area contributed by atoms with E-state index in [1.54, 1.807) is 30.3 Å². The highest BCUT2D eigenvalue weighted by atomic mass is 16.5. The smallest absolute Gasteiger partial charge is 0.315 e. The number of carboxylic acids is 1. The Labute approximate surface area is 117 Å². The van der Waals surface area contributed by atoms with Gasteiger partial charge in [0.05, 0.1) is 14.2 Å². The van der Waals surface area contributed by atoms with Crippen LogP contribution in [0.25, 0.3) is 0 Å². The normalized spacial score (nSPS) is 11.7. The third-order valence-electron chi connectivity index (χ3n) is 3.12. The minimum atomic E-state index is -0.928. The summed E-state index contributed by atoms with van der Waals surface area (Å²) in [4.78, 5) is 11.7. The lowest BCUT2D eigenvalue weighted by Gasteiger charge is -2.18. The van der Waals surface area contributed by atoms with Crippen LogP contribution in [0.3, 0.4) is 0 Å². The number of methoxy groups -OCH3 is 2. The summed E-state index contributed by atoms with van der Waals surface area (Å²) in [6.45, 7) is 0. The number of para-hydroxylation sites is 1. The second-order valence-corrected chi connectivity index (χ2v) is 4.26. The Morgan fingerprint density at radius 1 is 1.00 bits per heavy atom. The van der Waals surface area contributed by atoms with Crippen LogP contribution in [-0.4, -0.2) is 25.3 Å². The monoisotopic (exact) mass is 272 g/mol. The molecule has 0 spiro atoms. The molecule has 1 N–H and O–H groups in total. The van der Waals surface area contributed by atoms with Gasteiger partial charge in [0.25, 0.3) is 0 Å². The second-order valence-electron chi connectivity index (χ2n) is 4.26. The molecule has 0 amide bonds. The van der Waals surface area contributed by atoms with Crippen molar-refractivity contribution in [2.75, 3.05) is 14.2 Å². The number of carbonyl (C=O) groups is 1. The molecule has 0 saturated carbocycles. The summed E-state index contributed by atoms with van der Waals surface area (Å²) in [5, 5.41) is 9.57. The number of aliphatic carboxylic acids is 1. The molecular formula is C16H16O4. The van der Waals surface area contributed by atoms with Crippen LogP contribution in [0.15, 0.2) is 48.5 Å². The van der Waals surface area contributed by atoms with Gasteiger partial charge in [0.15, 0.2) is 11.5 Å². The molecule has 1 unspecified atom stereocenters.